The Bertz CT molecular complexity index is 496. The van der Waals surface area contributed by atoms with Gasteiger partial charge < -0.3 is 4.74 Å². The summed E-state index contributed by atoms with van der Waals surface area (Å²) in [5, 5.41) is 0. The Kier molecular flexibility index (Phi) is 7.48. The van der Waals surface area contributed by atoms with Crippen molar-refractivity contribution in [3.63, 3.8) is 0 Å². The van der Waals surface area contributed by atoms with E-state index in [1.807, 2.05) is 0 Å². The number of nitrogens with zero attached hydrogens (tertiary/aromatic N) is 2. The second kappa shape index (κ2) is 9.16. The Balaban J connectivity index is 1.76. The highest BCUT2D eigenvalue weighted by Crippen LogP contribution is 2.34. The molecule has 1 aromatic carbocycles. The highest BCUT2D eigenvalue weighted by Gasteiger charge is 2.21. The zero-order valence-electron chi connectivity index (χ0n) is 17.2. The molecule has 0 radical (unpaired) electrons. The van der Waals surface area contributed by atoms with Gasteiger partial charge in [-0.1, -0.05) is 52.0 Å². The Morgan fingerprint density at radius 2 is 1.48 bits per heavy atom. The molecule has 1 unspecified atom stereocenters. The topological polar surface area (TPSA) is 15.7 Å². The van der Waals surface area contributed by atoms with E-state index in [1.54, 1.807) is 0 Å². The molecule has 1 heterocycles. The minimum atomic E-state index is 0.317. The van der Waals surface area contributed by atoms with Crippen LogP contribution in [-0.4, -0.2) is 55.2 Å². The summed E-state index contributed by atoms with van der Waals surface area (Å²) < 4.78 is 5.67. The molecular weight excluding hydrogens is 308 g/mol. The molecule has 25 heavy (non-hydrogen) atoms. The van der Waals surface area contributed by atoms with Gasteiger partial charge in [-0.25, -0.2) is 0 Å². The standard InChI is InChI=1S/C22H38N2O/c1-18(2)25-16-15-23-11-13-24(14-12-23)17-20-7-9-21(10-8-20)19(3)22(4,5)6/h7-10,18-19H,11-17H2,1-6H3. The second-order valence-corrected chi connectivity index (χ2v) is 8.87. The van der Waals surface area contributed by atoms with E-state index >= 15 is 0 Å². The van der Waals surface area contributed by atoms with Gasteiger partial charge in [0, 0.05) is 39.3 Å². The highest BCUT2D eigenvalue weighted by molar-refractivity contribution is 5.26. The third-order valence-corrected chi connectivity index (χ3v) is 5.51. The van der Waals surface area contributed by atoms with Gasteiger partial charge in [-0.15, -0.1) is 0 Å². The van der Waals surface area contributed by atoms with E-state index in [9.17, 15) is 0 Å². The number of hydrogen-bond donors (Lipinski definition) is 0. The van der Waals surface area contributed by atoms with Crippen molar-refractivity contribution in [2.24, 2.45) is 5.41 Å². The number of benzene rings is 1. The largest absolute Gasteiger partial charge is 0.377 e. The van der Waals surface area contributed by atoms with Gasteiger partial charge in [0.05, 0.1) is 12.7 Å². The molecule has 1 aliphatic rings. The molecule has 0 aromatic heterocycles. The second-order valence-electron chi connectivity index (χ2n) is 8.87. The van der Waals surface area contributed by atoms with Gasteiger partial charge in [0.15, 0.2) is 0 Å². The molecule has 3 heteroatoms. The van der Waals surface area contributed by atoms with Crippen molar-refractivity contribution < 1.29 is 4.74 Å². The fraction of sp³-hybridized carbons (Fsp3) is 0.727. The summed E-state index contributed by atoms with van der Waals surface area (Å²) in [4.78, 5) is 5.09. The van der Waals surface area contributed by atoms with Crippen LogP contribution in [0.3, 0.4) is 0 Å². The molecule has 142 valence electrons. The first-order valence-corrected chi connectivity index (χ1v) is 9.91. The summed E-state index contributed by atoms with van der Waals surface area (Å²) in [6, 6.07) is 9.29. The van der Waals surface area contributed by atoms with E-state index < -0.39 is 0 Å². The fourth-order valence-corrected chi connectivity index (χ4v) is 3.26. The lowest BCUT2D eigenvalue weighted by molar-refractivity contribution is 0.0437. The zero-order chi connectivity index (χ0) is 18.4. The normalized spacial score (nSPS) is 18.7. The third-order valence-electron chi connectivity index (χ3n) is 5.51. The molecule has 1 saturated heterocycles. The molecule has 0 saturated carbocycles. The maximum absolute atomic E-state index is 5.67. The van der Waals surface area contributed by atoms with Crippen LogP contribution in [0, 0.1) is 5.41 Å². The molecule has 1 fully saturated rings. The quantitative estimate of drug-likeness (QED) is 0.729. The van der Waals surface area contributed by atoms with Crippen molar-refractivity contribution in [1.82, 2.24) is 9.80 Å². The highest BCUT2D eigenvalue weighted by atomic mass is 16.5. The summed E-state index contributed by atoms with van der Waals surface area (Å²) in [5.74, 6) is 0.582. The van der Waals surface area contributed by atoms with Gasteiger partial charge in [0.25, 0.3) is 0 Å². The summed E-state index contributed by atoms with van der Waals surface area (Å²) in [6.07, 6.45) is 0.338. The lowest BCUT2D eigenvalue weighted by atomic mass is 9.78. The van der Waals surface area contributed by atoms with Crippen molar-refractivity contribution in [1.29, 1.82) is 0 Å². The van der Waals surface area contributed by atoms with Crippen LogP contribution in [0.25, 0.3) is 0 Å². The molecule has 0 N–H and O–H groups in total. The molecule has 1 aromatic rings. The predicted octanol–water partition coefficient (Wildman–Crippen LogP) is 4.38. The number of rotatable bonds is 7. The van der Waals surface area contributed by atoms with Crippen LogP contribution in [0.5, 0.6) is 0 Å². The van der Waals surface area contributed by atoms with Crippen molar-refractivity contribution >= 4 is 0 Å². The van der Waals surface area contributed by atoms with Gasteiger partial charge in [0.2, 0.25) is 0 Å². The Labute approximate surface area is 155 Å². The average molecular weight is 347 g/mol. The van der Waals surface area contributed by atoms with Gasteiger partial charge in [-0.2, -0.15) is 0 Å². The van der Waals surface area contributed by atoms with Crippen LogP contribution >= 0.6 is 0 Å². The van der Waals surface area contributed by atoms with Crippen LogP contribution in [-0.2, 0) is 11.3 Å². The number of piperazine rings is 1. The first-order chi connectivity index (χ1) is 11.8. The molecule has 0 spiro atoms. The lowest BCUT2D eigenvalue weighted by Crippen LogP contribution is -2.46. The van der Waals surface area contributed by atoms with Gasteiger partial charge in [-0.3, -0.25) is 9.80 Å². The molecule has 3 nitrogen and oxygen atoms in total. The molecule has 0 aliphatic carbocycles. The summed E-state index contributed by atoms with van der Waals surface area (Å²) in [7, 11) is 0. The lowest BCUT2D eigenvalue weighted by Gasteiger charge is -2.34. The van der Waals surface area contributed by atoms with Gasteiger partial charge in [0.1, 0.15) is 0 Å². The molecule has 1 aliphatic heterocycles. The smallest absolute Gasteiger partial charge is 0.0596 e. The monoisotopic (exact) mass is 346 g/mol. The van der Waals surface area contributed by atoms with E-state index in [4.69, 9.17) is 4.74 Å². The van der Waals surface area contributed by atoms with Crippen LogP contribution < -0.4 is 0 Å². The maximum atomic E-state index is 5.67. The Morgan fingerprint density at radius 1 is 0.920 bits per heavy atom. The molecule has 0 bridgehead atoms. The van der Waals surface area contributed by atoms with E-state index in [-0.39, 0.29) is 0 Å². The molecule has 1 atom stereocenters. The van der Waals surface area contributed by atoms with Crippen molar-refractivity contribution in [3.8, 4) is 0 Å². The zero-order valence-corrected chi connectivity index (χ0v) is 17.2. The molecule has 0 amide bonds. The first-order valence-electron chi connectivity index (χ1n) is 9.91. The van der Waals surface area contributed by atoms with Gasteiger partial charge >= 0.3 is 0 Å². The Morgan fingerprint density at radius 3 is 2.00 bits per heavy atom. The van der Waals surface area contributed by atoms with Crippen LogP contribution in [0.15, 0.2) is 24.3 Å². The minimum Gasteiger partial charge on any atom is -0.377 e. The van der Waals surface area contributed by atoms with Crippen LogP contribution in [0.1, 0.15) is 58.6 Å². The Hall–Kier alpha value is -0.900. The van der Waals surface area contributed by atoms with E-state index in [0.717, 1.165) is 45.9 Å². The van der Waals surface area contributed by atoms with E-state index in [1.165, 1.54) is 11.1 Å². The van der Waals surface area contributed by atoms with E-state index in [2.05, 4.69) is 75.6 Å². The van der Waals surface area contributed by atoms with Crippen molar-refractivity contribution in [2.45, 2.75) is 60.1 Å². The summed E-state index contributed by atoms with van der Waals surface area (Å²) >= 11 is 0. The average Bonchev–Trinajstić information content (AvgIpc) is 2.55. The number of hydrogen-bond acceptors (Lipinski definition) is 3. The summed E-state index contributed by atoms with van der Waals surface area (Å²) in [6.45, 7) is 21.1. The van der Waals surface area contributed by atoms with E-state index in [0.29, 0.717) is 17.4 Å². The summed E-state index contributed by atoms with van der Waals surface area (Å²) in [5.41, 5.74) is 3.20. The van der Waals surface area contributed by atoms with Crippen LogP contribution in [0.2, 0.25) is 0 Å². The number of ether oxygens (including phenoxy) is 1. The minimum absolute atomic E-state index is 0.317. The van der Waals surface area contributed by atoms with Gasteiger partial charge in [-0.05, 0) is 36.3 Å². The molecular formula is C22H38N2O. The maximum Gasteiger partial charge on any atom is 0.0596 e. The van der Waals surface area contributed by atoms with Crippen molar-refractivity contribution in [2.75, 3.05) is 39.3 Å². The van der Waals surface area contributed by atoms with Crippen LogP contribution in [0.4, 0.5) is 0 Å². The van der Waals surface area contributed by atoms with Crippen molar-refractivity contribution in [3.05, 3.63) is 35.4 Å². The SMILES string of the molecule is CC(C)OCCN1CCN(Cc2ccc(C(C)C(C)(C)C)cc2)CC1. The molecule has 2 rings (SSSR count). The predicted molar refractivity (Wildman–Crippen MR) is 107 cm³/mol. The first kappa shape index (κ1) is 20.4. The third kappa shape index (κ3) is 6.73. The fourth-order valence-electron chi connectivity index (χ4n) is 3.26.